The van der Waals surface area contributed by atoms with E-state index in [0.29, 0.717) is 16.9 Å². The van der Waals surface area contributed by atoms with Crippen LogP contribution in [0.15, 0.2) is 36.4 Å². The van der Waals surface area contributed by atoms with E-state index in [1.807, 2.05) is 24.3 Å². The summed E-state index contributed by atoms with van der Waals surface area (Å²) in [6, 6.07) is 11.1. The number of methoxy groups -OCH3 is 1. The van der Waals surface area contributed by atoms with E-state index in [-0.39, 0.29) is 33.8 Å². The SMILES string of the molecule is CCOC(=O)c1sc(NC(=S)NC(=O)c2cc3ccccc3cc2OC)c(C(=O)OCC)c1C. The Kier molecular flexibility index (Phi) is 8.19. The monoisotopic (exact) mass is 500 g/mol. The molecule has 34 heavy (non-hydrogen) atoms. The normalized spacial score (nSPS) is 10.5. The molecule has 0 unspecified atom stereocenters. The van der Waals surface area contributed by atoms with Crippen molar-refractivity contribution in [1.82, 2.24) is 5.32 Å². The van der Waals surface area contributed by atoms with Gasteiger partial charge in [0.2, 0.25) is 0 Å². The molecule has 0 fully saturated rings. The number of rotatable bonds is 7. The van der Waals surface area contributed by atoms with Crippen LogP contribution in [0.1, 0.15) is 49.8 Å². The number of ether oxygens (including phenoxy) is 3. The van der Waals surface area contributed by atoms with Crippen LogP contribution < -0.4 is 15.4 Å². The van der Waals surface area contributed by atoms with Crippen LogP contribution in [0.4, 0.5) is 5.00 Å². The molecule has 8 nitrogen and oxygen atoms in total. The summed E-state index contributed by atoms with van der Waals surface area (Å²) in [4.78, 5) is 38.1. The number of thiocarbonyl (C=S) groups is 1. The van der Waals surface area contributed by atoms with Crippen molar-refractivity contribution < 1.29 is 28.6 Å². The zero-order valence-corrected chi connectivity index (χ0v) is 20.8. The topological polar surface area (TPSA) is 103 Å². The molecule has 0 saturated heterocycles. The van der Waals surface area contributed by atoms with Gasteiger partial charge in [-0.25, -0.2) is 9.59 Å². The highest BCUT2D eigenvalue weighted by molar-refractivity contribution is 7.80. The number of esters is 2. The third-order valence-electron chi connectivity index (χ3n) is 4.85. The van der Waals surface area contributed by atoms with Crippen molar-refractivity contribution in [3.8, 4) is 5.75 Å². The Morgan fingerprint density at radius 1 is 1.00 bits per heavy atom. The van der Waals surface area contributed by atoms with Gasteiger partial charge in [0.25, 0.3) is 5.91 Å². The predicted octanol–water partition coefficient (Wildman–Crippen LogP) is 4.70. The quantitative estimate of drug-likeness (QED) is 0.356. The second kappa shape index (κ2) is 11.1. The molecule has 0 aliphatic rings. The molecule has 1 heterocycles. The molecule has 2 aromatic carbocycles. The van der Waals surface area contributed by atoms with Gasteiger partial charge in [-0.1, -0.05) is 24.3 Å². The van der Waals surface area contributed by atoms with Crippen molar-refractivity contribution in [2.45, 2.75) is 20.8 Å². The Hall–Kier alpha value is -3.50. The molecule has 0 aliphatic heterocycles. The Morgan fingerprint density at radius 3 is 2.24 bits per heavy atom. The lowest BCUT2D eigenvalue weighted by atomic mass is 10.1. The number of hydrogen-bond donors (Lipinski definition) is 2. The van der Waals surface area contributed by atoms with Gasteiger partial charge in [-0.2, -0.15) is 0 Å². The van der Waals surface area contributed by atoms with Gasteiger partial charge in [-0.3, -0.25) is 10.1 Å². The molecule has 1 amide bonds. The van der Waals surface area contributed by atoms with E-state index < -0.39 is 17.8 Å². The van der Waals surface area contributed by atoms with Crippen LogP contribution in [0.5, 0.6) is 5.75 Å². The second-order valence-corrected chi connectivity index (χ2v) is 8.44. The highest BCUT2D eigenvalue weighted by Gasteiger charge is 2.27. The van der Waals surface area contributed by atoms with Gasteiger partial charge in [0.1, 0.15) is 15.6 Å². The molecule has 0 atom stereocenters. The molecule has 10 heteroatoms. The van der Waals surface area contributed by atoms with Crippen LogP contribution >= 0.6 is 23.6 Å². The van der Waals surface area contributed by atoms with Gasteiger partial charge in [0, 0.05) is 0 Å². The van der Waals surface area contributed by atoms with Gasteiger partial charge in [-0.15, -0.1) is 11.3 Å². The number of fused-ring (bicyclic) bond motifs is 1. The lowest BCUT2D eigenvalue weighted by Crippen LogP contribution is -2.34. The molecule has 1 aromatic heterocycles. The fourth-order valence-corrected chi connectivity index (χ4v) is 4.66. The number of carbonyl (C=O) groups is 3. The number of anilines is 1. The maximum absolute atomic E-state index is 13.0. The van der Waals surface area contributed by atoms with Gasteiger partial charge >= 0.3 is 11.9 Å². The lowest BCUT2D eigenvalue weighted by molar-refractivity contribution is 0.0527. The Labute approximate surface area is 206 Å². The first-order valence-corrected chi connectivity index (χ1v) is 11.7. The van der Waals surface area contributed by atoms with Crippen LogP contribution in [0.3, 0.4) is 0 Å². The highest BCUT2D eigenvalue weighted by atomic mass is 32.1. The Bertz CT molecular complexity index is 1270. The lowest BCUT2D eigenvalue weighted by Gasteiger charge is -2.13. The molecule has 2 N–H and O–H groups in total. The predicted molar refractivity (Wildman–Crippen MR) is 135 cm³/mol. The summed E-state index contributed by atoms with van der Waals surface area (Å²) in [5.41, 5.74) is 0.870. The van der Waals surface area contributed by atoms with Crippen molar-refractivity contribution in [2.24, 2.45) is 0 Å². The third-order valence-corrected chi connectivity index (χ3v) is 6.25. The first-order chi connectivity index (χ1) is 16.3. The highest BCUT2D eigenvalue weighted by Crippen LogP contribution is 2.34. The molecule has 0 aliphatic carbocycles. The summed E-state index contributed by atoms with van der Waals surface area (Å²) in [5.74, 6) is -1.27. The average molecular weight is 501 g/mol. The zero-order chi connectivity index (χ0) is 24.8. The minimum atomic E-state index is -0.611. The van der Waals surface area contributed by atoms with Crippen molar-refractivity contribution in [2.75, 3.05) is 25.6 Å². The van der Waals surface area contributed by atoms with E-state index in [1.54, 1.807) is 32.9 Å². The third kappa shape index (κ3) is 5.35. The fraction of sp³-hybridized carbons (Fsp3) is 0.250. The minimum absolute atomic E-state index is 0.0533. The van der Waals surface area contributed by atoms with Crippen LogP contribution in [0.25, 0.3) is 10.8 Å². The number of nitrogens with one attached hydrogen (secondary N) is 2. The number of thiophene rings is 1. The van der Waals surface area contributed by atoms with Crippen molar-refractivity contribution >= 4 is 62.3 Å². The first kappa shape index (κ1) is 25.1. The number of hydrogen-bond acceptors (Lipinski definition) is 8. The first-order valence-electron chi connectivity index (χ1n) is 10.5. The van der Waals surface area contributed by atoms with Crippen LogP contribution in [-0.4, -0.2) is 43.3 Å². The van der Waals surface area contributed by atoms with Crippen molar-refractivity contribution in [3.05, 3.63) is 58.0 Å². The van der Waals surface area contributed by atoms with E-state index >= 15 is 0 Å². The number of carbonyl (C=O) groups excluding carboxylic acids is 3. The van der Waals surface area contributed by atoms with E-state index in [0.717, 1.165) is 22.1 Å². The standard InChI is InChI=1S/C24H24N2O6S2/c1-5-31-22(28)18-13(3)19(23(29)32-6-2)34-21(18)26-24(33)25-20(27)16-11-14-9-7-8-10-15(14)12-17(16)30-4/h7-12H,5-6H2,1-4H3,(H2,25,26,27,33). The minimum Gasteiger partial charge on any atom is -0.496 e. The summed E-state index contributed by atoms with van der Waals surface area (Å²) < 4.78 is 15.6. The van der Waals surface area contributed by atoms with Crippen LogP contribution in [-0.2, 0) is 9.47 Å². The van der Waals surface area contributed by atoms with Crippen LogP contribution in [0, 0.1) is 6.92 Å². The summed E-state index contributed by atoms with van der Waals surface area (Å²) in [6.07, 6.45) is 0. The van der Waals surface area contributed by atoms with Gasteiger partial charge < -0.3 is 19.5 Å². The number of benzene rings is 2. The zero-order valence-electron chi connectivity index (χ0n) is 19.1. The van der Waals surface area contributed by atoms with Crippen LogP contribution in [0.2, 0.25) is 0 Å². The Morgan fingerprint density at radius 2 is 1.62 bits per heavy atom. The fourth-order valence-electron chi connectivity index (χ4n) is 3.31. The molecular weight excluding hydrogens is 476 g/mol. The van der Waals surface area contributed by atoms with Crippen molar-refractivity contribution in [3.63, 3.8) is 0 Å². The van der Waals surface area contributed by atoms with Gasteiger partial charge in [-0.05, 0) is 61.5 Å². The molecular formula is C24H24N2O6S2. The van der Waals surface area contributed by atoms with E-state index in [4.69, 9.17) is 26.4 Å². The average Bonchev–Trinajstić information content (AvgIpc) is 3.13. The molecule has 0 saturated carbocycles. The molecule has 0 radical (unpaired) electrons. The van der Waals surface area contributed by atoms with E-state index in [9.17, 15) is 14.4 Å². The Balaban J connectivity index is 1.87. The summed E-state index contributed by atoms with van der Waals surface area (Å²) in [6.45, 7) is 5.35. The molecule has 178 valence electrons. The largest absolute Gasteiger partial charge is 0.496 e. The van der Waals surface area contributed by atoms with Crippen molar-refractivity contribution in [1.29, 1.82) is 0 Å². The summed E-state index contributed by atoms with van der Waals surface area (Å²) >= 11 is 6.32. The molecule has 3 aromatic rings. The van der Waals surface area contributed by atoms with Gasteiger partial charge in [0.15, 0.2) is 5.11 Å². The summed E-state index contributed by atoms with van der Waals surface area (Å²) in [7, 11) is 1.48. The second-order valence-electron chi connectivity index (χ2n) is 7.01. The smallest absolute Gasteiger partial charge is 0.348 e. The van der Waals surface area contributed by atoms with E-state index in [2.05, 4.69) is 10.6 Å². The molecule has 0 spiro atoms. The maximum atomic E-state index is 13.0. The van der Waals surface area contributed by atoms with E-state index in [1.165, 1.54) is 7.11 Å². The maximum Gasteiger partial charge on any atom is 0.348 e. The number of amides is 1. The van der Waals surface area contributed by atoms with Gasteiger partial charge in [0.05, 0.1) is 31.5 Å². The summed E-state index contributed by atoms with van der Waals surface area (Å²) in [5, 5.41) is 7.47. The molecule has 3 rings (SSSR count). The molecule has 0 bridgehead atoms.